The zero-order valence-corrected chi connectivity index (χ0v) is 6.33. The van der Waals surface area contributed by atoms with E-state index >= 15 is 0 Å². The van der Waals surface area contributed by atoms with E-state index in [4.69, 9.17) is 0 Å². The minimum atomic E-state index is 0.963. The molecular formula is C5H12O2S. The summed E-state index contributed by atoms with van der Waals surface area (Å²) in [5.41, 5.74) is 0. The SMILES string of the molecule is C=CC.COSOC. The molecule has 0 radical (unpaired) electrons. The third-order valence-corrected chi connectivity index (χ3v) is 0.408. The first-order chi connectivity index (χ1) is 3.83. The Morgan fingerprint density at radius 2 is 1.62 bits per heavy atom. The first-order valence-electron chi connectivity index (χ1n) is 2.14. The molecule has 3 heteroatoms. The Balaban J connectivity index is 0. The Kier molecular flexibility index (Phi) is 21.4. The highest BCUT2D eigenvalue weighted by molar-refractivity contribution is 7.89. The largest absolute Gasteiger partial charge is 0.295 e. The lowest BCUT2D eigenvalue weighted by molar-refractivity contribution is 0.386. The normalized spacial score (nSPS) is 6.88. The van der Waals surface area contributed by atoms with Crippen molar-refractivity contribution in [3.8, 4) is 0 Å². The van der Waals surface area contributed by atoms with Crippen molar-refractivity contribution in [2.45, 2.75) is 6.92 Å². The summed E-state index contributed by atoms with van der Waals surface area (Å²) in [6.07, 6.45) is 1.75. The van der Waals surface area contributed by atoms with E-state index in [1.165, 1.54) is 0 Å². The molecule has 0 heterocycles. The number of allylic oxidation sites excluding steroid dienone is 1. The van der Waals surface area contributed by atoms with E-state index in [-0.39, 0.29) is 0 Å². The molecule has 0 aromatic rings. The molecule has 2 nitrogen and oxygen atoms in total. The molecule has 0 amide bonds. The fourth-order valence-corrected chi connectivity index (χ4v) is 0.204. The fourth-order valence-electron chi connectivity index (χ4n) is 0.0680. The number of hydrogen-bond acceptors (Lipinski definition) is 3. The quantitative estimate of drug-likeness (QED) is 0.427. The fraction of sp³-hybridized carbons (Fsp3) is 0.600. The molecule has 0 aliphatic rings. The van der Waals surface area contributed by atoms with Crippen molar-refractivity contribution < 1.29 is 8.37 Å². The van der Waals surface area contributed by atoms with Gasteiger partial charge in [0, 0.05) is 0 Å². The Hall–Kier alpha value is 0.01000. The molecule has 0 bridgehead atoms. The van der Waals surface area contributed by atoms with Gasteiger partial charge in [0.1, 0.15) is 0 Å². The van der Waals surface area contributed by atoms with E-state index in [0.717, 1.165) is 12.3 Å². The van der Waals surface area contributed by atoms with E-state index < -0.39 is 0 Å². The van der Waals surface area contributed by atoms with Gasteiger partial charge in [0.05, 0.1) is 14.2 Å². The monoisotopic (exact) mass is 136 g/mol. The van der Waals surface area contributed by atoms with Crippen LogP contribution in [0.15, 0.2) is 12.7 Å². The minimum absolute atomic E-state index is 0.963. The van der Waals surface area contributed by atoms with Crippen molar-refractivity contribution in [3.05, 3.63) is 12.7 Å². The Morgan fingerprint density at radius 3 is 1.62 bits per heavy atom. The molecule has 0 aliphatic heterocycles. The second-order valence-electron chi connectivity index (χ2n) is 0.810. The van der Waals surface area contributed by atoms with Gasteiger partial charge in [-0.25, -0.2) is 0 Å². The second kappa shape index (κ2) is 15.7. The van der Waals surface area contributed by atoms with Crippen molar-refractivity contribution in [3.63, 3.8) is 0 Å². The third kappa shape index (κ3) is 37.3. The lowest BCUT2D eigenvalue weighted by atomic mass is 10.8. The van der Waals surface area contributed by atoms with E-state index in [0.29, 0.717) is 0 Å². The average Bonchev–Trinajstić information content (AvgIpc) is 1.71. The average molecular weight is 136 g/mol. The second-order valence-corrected chi connectivity index (χ2v) is 1.61. The van der Waals surface area contributed by atoms with E-state index in [9.17, 15) is 0 Å². The molecule has 0 atom stereocenters. The van der Waals surface area contributed by atoms with Crippen LogP contribution < -0.4 is 0 Å². The van der Waals surface area contributed by atoms with Gasteiger partial charge < -0.3 is 0 Å². The first-order valence-corrected chi connectivity index (χ1v) is 2.80. The number of hydrogen-bond donors (Lipinski definition) is 0. The Bertz CT molecular complexity index is 37.4. The lowest BCUT2D eigenvalue weighted by Crippen LogP contribution is -1.64. The highest BCUT2D eigenvalue weighted by atomic mass is 32.2. The van der Waals surface area contributed by atoms with E-state index in [1.54, 1.807) is 20.3 Å². The Labute approximate surface area is 55.3 Å². The topological polar surface area (TPSA) is 18.5 Å². The molecule has 0 aliphatic carbocycles. The number of rotatable bonds is 2. The maximum atomic E-state index is 4.39. The van der Waals surface area contributed by atoms with Crippen LogP contribution in [0.2, 0.25) is 0 Å². The third-order valence-electron chi connectivity index (χ3n) is 0.136. The van der Waals surface area contributed by atoms with Crippen molar-refractivity contribution in [2.24, 2.45) is 0 Å². The van der Waals surface area contributed by atoms with Gasteiger partial charge in [-0.15, -0.1) is 6.58 Å². The van der Waals surface area contributed by atoms with E-state index in [1.807, 2.05) is 6.92 Å². The van der Waals surface area contributed by atoms with Crippen LogP contribution in [0.5, 0.6) is 0 Å². The molecule has 0 fully saturated rings. The van der Waals surface area contributed by atoms with Gasteiger partial charge in [-0.2, -0.15) is 0 Å². The van der Waals surface area contributed by atoms with Crippen LogP contribution in [0.25, 0.3) is 0 Å². The Morgan fingerprint density at radius 1 is 1.38 bits per heavy atom. The maximum absolute atomic E-state index is 4.39. The summed E-state index contributed by atoms with van der Waals surface area (Å²) in [5, 5.41) is 0. The highest BCUT2D eigenvalue weighted by Crippen LogP contribution is 1.94. The van der Waals surface area contributed by atoms with Crippen molar-refractivity contribution >= 4 is 12.3 Å². The molecule has 0 rings (SSSR count). The highest BCUT2D eigenvalue weighted by Gasteiger charge is 1.66. The van der Waals surface area contributed by atoms with Gasteiger partial charge in [0.25, 0.3) is 0 Å². The van der Waals surface area contributed by atoms with Crippen LogP contribution in [0.3, 0.4) is 0 Å². The van der Waals surface area contributed by atoms with E-state index in [2.05, 4.69) is 14.9 Å². The van der Waals surface area contributed by atoms with Crippen LogP contribution in [0.1, 0.15) is 6.92 Å². The lowest BCUT2D eigenvalue weighted by Gasteiger charge is -1.83. The molecule has 8 heavy (non-hydrogen) atoms. The van der Waals surface area contributed by atoms with Crippen LogP contribution in [0, 0.1) is 0 Å². The van der Waals surface area contributed by atoms with Gasteiger partial charge in [-0.1, -0.05) is 6.08 Å². The molecule has 50 valence electrons. The first kappa shape index (κ1) is 10.9. The molecular weight excluding hydrogens is 124 g/mol. The molecule has 0 spiro atoms. The molecule has 0 aromatic heterocycles. The predicted molar refractivity (Wildman–Crippen MR) is 37.5 cm³/mol. The molecule has 0 saturated heterocycles. The molecule has 0 saturated carbocycles. The minimum Gasteiger partial charge on any atom is -0.295 e. The predicted octanol–water partition coefficient (Wildman–Crippen LogP) is 2.03. The summed E-state index contributed by atoms with van der Waals surface area (Å²) in [7, 11) is 3.10. The zero-order chi connectivity index (χ0) is 6.83. The summed E-state index contributed by atoms with van der Waals surface area (Å²) in [4.78, 5) is 0. The van der Waals surface area contributed by atoms with Gasteiger partial charge in [0.2, 0.25) is 0 Å². The van der Waals surface area contributed by atoms with Crippen LogP contribution in [0.4, 0.5) is 0 Å². The van der Waals surface area contributed by atoms with Gasteiger partial charge in [0.15, 0.2) is 12.3 Å². The van der Waals surface area contributed by atoms with Crippen molar-refractivity contribution in [1.29, 1.82) is 0 Å². The summed E-state index contributed by atoms with van der Waals surface area (Å²) in [6, 6.07) is 0. The van der Waals surface area contributed by atoms with Crippen LogP contribution >= 0.6 is 12.3 Å². The maximum Gasteiger partial charge on any atom is 0.158 e. The molecule has 0 unspecified atom stereocenters. The zero-order valence-electron chi connectivity index (χ0n) is 5.51. The summed E-state index contributed by atoms with van der Waals surface area (Å²) in [6.45, 7) is 5.25. The van der Waals surface area contributed by atoms with Gasteiger partial charge in [-0.05, 0) is 6.92 Å². The summed E-state index contributed by atoms with van der Waals surface area (Å²) >= 11 is 0.963. The van der Waals surface area contributed by atoms with Crippen molar-refractivity contribution in [1.82, 2.24) is 0 Å². The standard InChI is InChI=1S/C3H6.C2H6O2S/c1-3-2;1-3-5-4-2/h3H,1H2,2H3;1-2H3. The summed E-state index contributed by atoms with van der Waals surface area (Å²) in [5.74, 6) is 0. The smallest absolute Gasteiger partial charge is 0.158 e. The van der Waals surface area contributed by atoms with Gasteiger partial charge >= 0.3 is 0 Å². The molecule has 0 N–H and O–H groups in total. The van der Waals surface area contributed by atoms with Crippen molar-refractivity contribution in [2.75, 3.05) is 14.2 Å². The van der Waals surface area contributed by atoms with Crippen LogP contribution in [-0.2, 0) is 8.37 Å². The molecule has 0 aromatic carbocycles. The van der Waals surface area contributed by atoms with Crippen LogP contribution in [-0.4, -0.2) is 14.2 Å². The summed E-state index contributed by atoms with van der Waals surface area (Å²) < 4.78 is 8.77. The van der Waals surface area contributed by atoms with Gasteiger partial charge in [-0.3, -0.25) is 8.37 Å².